The quantitative estimate of drug-likeness (QED) is 0.868. The monoisotopic (exact) mass is 334 g/mol. The SMILES string of the molecule is CC(=Cc1ccco1)CN1CC[C@@H](CNC(=O)C(C)(C)C)[C@H](O)C1. The molecule has 1 aliphatic heterocycles. The van der Waals surface area contributed by atoms with Crippen LogP contribution >= 0.6 is 0 Å². The Balaban J connectivity index is 1.79. The summed E-state index contributed by atoms with van der Waals surface area (Å²) >= 11 is 0. The molecule has 0 bridgehead atoms. The van der Waals surface area contributed by atoms with Crippen molar-refractivity contribution in [2.45, 2.75) is 40.2 Å². The Hall–Kier alpha value is -1.59. The molecule has 0 spiro atoms. The summed E-state index contributed by atoms with van der Waals surface area (Å²) < 4.78 is 5.33. The van der Waals surface area contributed by atoms with Gasteiger partial charge < -0.3 is 14.8 Å². The molecule has 1 aromatic heterocycles. The van der Waals surface area contributed by atoms with E-state index in [0.29, 0.717) is 13.1 Å². The van der Waals surface area contributed by atoms with E-state index in [4.69, 9.17) is 4.42 Å². The van der Waals surface area contributed by atoms with Gasteiger partial charge in [0.25, 0.3) is 0 Å². The van der Waals surface area contributed by atoms with E-state index >= 15 is 0 Å². The number of furan rings is 1. The van der Waals surface area contributed by atoms with Crippen molar-refractivity contribution in [2.75, 3.05) is 26.2 Å². The summed E-state index contributed by atoms with van der Waals surface area (Å²) in [7, 11) is 0. The summed E-state index contributed by atoms with van der Waals surface area (Å²) in [6.45, 7) is 10.7. The standard InChI is InChI=1S/C19H30N2O3/c1-14(10-16-6-5-9-24-16)12-21-8-7-15(17(22)13-21)11-20-18(23)19(2,3)4/h5-6,9-10,15,17,22H,7-8,11-13H2,1-4H3,(H,20,23)/t15-,17+/m0/s1. The number of hydrogen-bond donors (Lipinski definition) is 2. The van der Waals surface area contributed by atoms with Gasteiger partial charge in [-0.05, 0) is 38.1 Å². The second-order valence-electron chi connectivity index (χ2n) is 7.82. The van der Waals surface area contributed by atoms with Crippen LogP contribution in [-0.4, -0.2) is 48.2 Å². The predicted octanol–water partition coefficient (Wildman–Crippen LogP) is 2.53. The molecule has 2 rings (SSSR count). The molecule has 0 aliphatic carbocycles. The largest absolute Gasteiger partial charge is 0.465 e. The average molecular weight is 334 g/mol. The molecule has 5 heteroatoms. The molecular formula is C19H30N2O3. The molecule has 1 aromatic rings. The highest BCUT2D eigenvalue weighted by atomic mass is 16.3. The number of likely N-dealkylation sites (tertiary alicyclic amines) is 1. The van der Waals surface area contributed by atoms with Gasteiger partial charge >= 0.3 is 0 Å². The van der Waals surface area contributed by atoms with Crippen LogP contribution in [0.2, 0.25) is 0 Å². The van der Waals surface area contributed by atoms with Crippen LogP contribution in [0.3, 0.4) is 0 Å². The van der Waals surface area contributed by atoms with Crippen molar-refractivity contribution in [2.24, 2.45) is 11.3 Å². The molecule has 24 heavy (non-hydrogen) atoms. The van der Waals surface area contributed by atoms with Crippen LogP contribution in [0, 0.1) is 11.3 Å². The number of nitrogens with one attached hydrogen (secondary N) is 1. The molecule has 134 valence electrons. The molecule has 0 aromatic carbocycles. The van der Waals surface area contributed by atoms with Crippen molar-refractivity contribution < 1.29 is 14.3 Å². The molecular weight excluding hydrogens is 304 g/mol. The third-order valence-corrected chi connectivity index (χ3v) is 4.42. The fraction of sp³-hybridized carbons (Fsp3) is 0.632. The van der Waals surface area contributed by atoms with Crippen molar-refractivity contribution in [3.8, 4) is 0 Å². The van der Waals surface area contributed by atoms with E-state index in [2.05, 4.69) is 17.1 Å². The lowest BCUT2D eigenvalue weighted by molar-refractivity contribution is -0.129. The number of carbonyl (C=O) groups excluding carboxylic acids is 1. The first-order valence-electron chi connectivity index (χ1n) is 8.65. The van der Waals surface area contributed by atoms with Crippen LogP contribution in [0.15, 0.2) is 28.4 Å². The van der Waals surface area contributed by atoms with Gasteiger partial charge in [0.05, 0.1) is 12.4 Å². The number of hydrogen-bond acceptors (Lipinski definition) is 4. The normalized spacial score (nSPS) is 23.3. The second kappa shape index (κ2) is 7.99. The van der Waals surface area contributed by atoms with E-state index in [-0.39, 0.29) is 17.2 Å². The first-order valence-corrected chi connectivity index (χ1v) is 8.65. The Bertz CT molecular complexity index is 558. The predicted molar refractivity (Wildman–Crippen MR) is 95.4 cm³/mol. The molecule has 1 aliphatic rings. The molecule has 0 saturated carbocycles. The number of rotatable bonds is 5. The van der Waals surface area contributed by atoms with Gasteiger partial charge in [0, 0.05) is 31.0 Å². The summed E-state index contributed by atoms with van der Waals surface area (Å²) in [4.78, 5) is 14.2. The molecule has 5 nitrogen and oxygen atoms in total. The lowest BCUT2D eigenvalue weighted by Gasteiger charge is -2.36. The van der Waals surface area contributed by atoms with Gasteiger partial charge in [-0.25, -0.2) is 0 Å². The summed E-state index contributed by atoms with van der Waals surface area (Å²) in [5.41, 5.74) is 0.816. The molecule has 2 N–H and O–H groups in total. The number of β-amino-alcohol motifs (C(OH)–C–C–N with tert-alkyl or cyclic N) is 1. The van der Waals surface area contributed by atoms with Crippen LogP contribution in [0.4, 0.5) is 0 Å². The molecule has 1 fully saturated rings. The van der Waals surface area contributed by atoms with E-state index in [1.54, 1.807) is 6.26 Å². The van der Waals surface area contributed by atoms with Gasteiger partial charge in [0.2, 0.25) is 5.91 Å². The fourth-order valence-electron chi connectivity index (χ4n) is 2.93. The topological polar surface area (TPSA) is 65.7 Å². The van der Waals surface area contributed by atoms with E-state index in [9.17, 15) is 9.90 Å². The van der Waals surface area contributed by atoms with Crippen molar-refractivity contribution in [1.29, 1.82) is 0 Å². The number of aliphatic hydroxyl groups excluding tert-OH is 1. The lowest BCUT2D eigenvalue weighted by atomic mass is 9.91. The Labute approximate surface area is 144 Å². The van der Waals surface area contributed by atoms with Crippen LogP contribution < -0.4 is 5.32 Å². The molecule has 1 saturated heterocycles. The smallest absolute Gasteiger partial charge is 0.225 e. The lowest BCUT2D eigenvalue weighted by Crippen LogP contribution is -2.49. The Kier molecular flexibility index (Phi) is 6.24. The van der Waals surface area contributed by atoms with Crippen LogP contribution in [0.5, 0.6) is 0 Å². The molecule has 1 amide bonds. The van der Waals surface area contributed by atoms with E-state index in [1.807, 2.05) is 39.0 Å². The second-order valence-corrected chi connectivity index (χ2v) is 7.82. The molecule has 0 unspecified atom stereocenters. The Morgan fingerprint density at radius 2 is 2.25 bits per heavy atom. The zero-order chi connectivity index (χ0) is 17.7. The maximum atomic E-state index is 12.0. The molecule has 0 radical (unpaired) electrons. The summed E-state index contributed by atoms with van der Waals surface area (Å²) in [5, 5.41) is 13.4. The van der Waals surface area contributed by atoms with Gasteiger partial charge in [0.15, 0.2) is 0 Å². The van der Waals surface area contributed by atoms with Gasteiger partial charge in [-0.2, -0.15) is 0 Å². The summed E-state index contributed by atoms with van der Waals surface area (Å²) in [6.07, 6.45) is 4.18. The van der Waals surface area contributed by atoms with E-state index < -0.39 is 6.10 Å². The van der Waals surface area contributed by atoms with E-state index in [0.717, 1.165) is 25.3 Å². The summed E-state index contributed by atoms with van der Waals surface area (Å²) in [5.74, 6) is 1.02. The highest BCUT2D eigenvalue weighted by Crippen LogP contribution is 2.20. The first-order chi connectivity index (χ1) is 11.3. The average Bonchev–Trinajstić information content (AvgIpc) is 2.97. The number of piperidine rings is 1. The van der Waals surface area contributed by atoms with Gasteiger partial charge in [-0.3, -0.25) is 9.69 Å². The maximum absolute atomic E-state index is 12.0. The Morgan fingerprint density at radius 3 is 2.83 bits per heavy atom. The van der Waals surface area contributed by atoms with Crippen molar-refractivity contribution in [3.63, 3.8) is 0 Å². The zero-order valence-electron chi connectivity index (χ0n) is 15.2. The van der Waals surface area contributed by atoms with Gasteiger partial charge in [0.1, 0.15) is 5.76 Å². The minimum atomic E-state index is -0.407. The van der Waals surface area contributed by atoms with Crippen LogP contribution in [0.1, 0.15) is 39.9 Å². The highest BCUT2D eigenvalue weighted by Gasteiger charge is 2.29. The Morgan fingerprint density at radius 1 is 1.50 bits per heavy atom. The molecule has 2 heterocycles. The number of nitrogens with zero attached hydrogens (tertiary/aromatic N) is 1. The number of amides is 1. The third-order valence-electron chi connectivity index (χ3n) is 4.42. The summed E-state index contributed by atoms with van der Waals surface area (Å²) in [6, 6.07) is 3.81. The van der Waals surface area contributed by atoms with E-state index in [1.165, 1.54) is 5.57 Å². The minimum Gasteiger partial charge on any atom is -0.465 e. The van der Waals surface area contributed by atoms with Gasteiger partial charge in [-0.1, -0.05) is 26.3 Å². The highest BCUT2D eigenvalue weighted by molar-refractivity contribution is 5.81. The number of carbonyl (C=O) groups is 1. The zero-order valence-corrected chi connectivity index (χ0v) is 15.2. The first kappa shape index (κ1) is 18.7. The van der Waals surface area contributed by atoms with Crippen molar-refractivity contribution in [1.82, 2.24) is 10.2 Å². The van der Waals surface area contributed by atoms with Crippen LogP contribution in [-0.2, 0) is 4.79 Å². The van der Waals surface area contributed by atoms with Crippen molar-refractivity contribution in [3.05, 3.63) is 29.7 Å². The van der Waals surface area contributed by atoms with Crippen LogP contribution in [0.25, 0.3) is 6.08 Å². The molecule has 2 atom stereocenters. The van der Waals surface area contributed by atoms with Gasteiger partial charge in [-0.15, -0.1) is 0 Å². The number of aliphatic hydroxyl groups is 1. The maximum Gasteiger partial charge on any atom is 0.225 e. The van der Waals surface area contributed by atoms with Crippen molar-refractivity contribution >= 4 is 12.0 Å². The minimum absolute atomic E-state index is 0.0364. The fourth-order valence-corrected chi connectivity index (χ4v) is 2.93. The third kappa shape index (κ3) is 5.49.